The zero-order valence-electron chi connectivity index (χ0n) is 23.3. The Kier molecular flexibility index (Phi) is 5.93. The highest BCUT2D eigenvalue weighted by Crippen LogP contribution is 2.88. The van der Waals surface area contributed by atoms with Gasteiger partial charge in [-0.3, -0.25) is 4.79 Å². The van der Waals surface area contributed by atoms with Crippen LogP contribution in [0.15, 0.2) is 12.2 Å². The second-order valence-corrected chi connectivity index (χ2v) is 14.6. The molecule has 0 saturated heterocycles. The molecule has 0 aromatic heterocycles. The highest BCUT2D eigenvalue weighted by atomic mass is 16.5. The van der Waals surface area contributed by atoms with Gasteiger partial charge in [-0.05, 0) is 128 Å². The molecule has 0 bridgehead atoms. The van der Waals surface area contributed by atoms with E-state index in [4.69, 9.17) is 4.74 Å². The number of rotatable bonds is 6. The van der Waals surface area contributed by atoms with E-state index < -0.39 is 0 Å². The minimum Gasteiger partial charge on any atom is -0.462 e. The number of ether oxygens (including phenoxy) is 1. The molecule has 5 fully saturated rings. The number of allylic oxidation sites excluding steroid dienone is 1. The first-order valence-electron chi connectivity index (χ1n) is 14.8. The van der Waals surface area contributed by atoms with Gasteiger partial charge in [-0.25, -0.2) is 0 Å². The molecule has 2 spiro atoms. The molecular weight excluding hydrogens is 416 g/mol. The lowest BCUT2D eigenvalue weighted by Gasteiger charge is -2.62. The van der Waals surface area contributed by atoms with Crippen LogP contribution in [0.5, 0.6) is 0 Å². The largest absolute Gasteiger partial charge is 0.462 e. The second kappa shape index (κ2) is 8.11. The van der Waals surface area contributed by atoms with Crippen molar-refractivity contribution in [3.8, 4) is 0 Å². The smallest absolute Gasteiger partial charge is 0.302 e. The summed E-state index contributed by atoms with van der Waals surface area (Å²) in [5.41, 5.74) is 3.61. The van der Waals surface area contributed by atoms with Crippen LogP contribution in [-0.4, -0.2) is 12.1 Å². The quantitative estimate of drug-likeness (QED) is 0.288. The van der Waals surface area contributed by atoms with Crippen LogP contribution in [0.3, 0.4) is 0 Å². The molecule has 0 N–H and O–H groups in total. The Morgan fingerprint density at radius 3 is 2.38 bits per heavy atom. The normalized spacial score (nSPS) is 49.9. The van der Waals surface area contributed by atoms with Gasteiger partial charge < -0.3 is 4.74 Å². The van der Waals surface area contributed by atoms with Gasteiger partial charge in [0.05, 0.1) is 0 Å². The molecule has 192 valence electrons. The molecule has 5 saturated carbocycles. The lowest BCUT2D eigenvalue weighted by Crippen LogP contribution is -2.56. The lowest BCUT2D eigenvalue weighted by atomic mass is 9.43. The summed E-state index contributed by atoms with van der Waals surface area (Å²) >= 11 is 0. The number of esters is 1. The lowest BCUT2D eigenvalue weighted by molar-refractivity contribution is -0.165. The van der Waals surface area contributed by atoms with Gasteiger partial charge in [0.2, 0.25) is 0 Å². The molecule has 0 aromatic rings. The fourth-order valence-corrected chi connectivity index (χ4v) is 11.2. The van der Waals surface area contributed by atoms with Crippen molar-refractivity contribution in [1.82, 2.24) is 0 Å². The highest BCUT2D eigenvalue weighted by Gasteiger charge is 2.81. The van der Waals surface area contributed by atoms with E-state index in [9.17, 15) is 4.79 Å². The van der Waals surface area contributed by atoms with Crippen LogP contribution in [0.1, 0.15) is 119 Å². The first-order valence-corrected chi connectivity index (χ1v) is 14.8. The van der Waals surface area contributed by atoms with Gasteiger partial charge in [0.15, 0.2) is 0 Å². The standard InChI is InChI=1S/C32H52O2/c1-20(2)21(3)9-10-22(4)25-13-15-30(8)28-12-11-26-23(5)27(34-24(6)33)14-16-31(26)19-32(28,31)18-17-29(25,30)7/h20,22-23,25-28H,3,9-19H2,1-2,4-8H3/t22-,23+,25-,26-,27+,28-,29-,30+,31-,32+/m1/s1. The van der Waals surface area contributed by atoms with Crippen molar-refractivity contribution in [2.24, 2.45) is 57.2 Å². The van der Waals surface area contributed by atoms with Gasteiger partial charge in [0.1, 0.15) is 6.10 Å². The van der Waals surface area contributed by atoms with Gasteiger partial charge in [-0.1, -0.05) is 53.7 Å². The average Bonchev–Trinajstić information content (AvgIpc) is 3.36. The SMILES string of the molecule is C=C(CC[C@@H](C)[C@H]1CC[C@@]2(C)[C@H]3CC[C@@H]4[C@H](C)[C@@H](OC(C)=O)CC[C@@]45C[C@@]35CC[C@]12C)C(C)C. The predicted molar refractivity (Wildman–Crippen MR) is 140 cm³/mol. The number of hydrogen-bond donors (Lipinski definition) is 0. The summed E-state index contributed by atoms with van der Waals surface area (Å²) in [4.78, 5) is 11.7. The maximum Gasteiger partial charge on any atom is 0.302 e. The van der Waals surface area contributed by atoms with E-state index in [0.717, 1.165) is 30.1 Å². The monoisotopic (exact) mass is 468 g/mol. The van der Waals surface area contributed by atoms with Crippen molar-refractivity contribution >= 4 is 5.97 Å². The van der Waals surface area contributed by atoms with E-state index in [1.807, 2.05) is 0 Å². The molecular formula is C32H52O2. The Labute approximate surface area is 210 Å². The van der Waals surface area contributed by atoms with Crippen LogP contribution in [0.4, 0.5) is 0 Å². The second-order valence-electron chi connectivity index (χ2n) is 14.6. The van der Waals surface area contributed by atoms with E-state index in [1.165, 1.54) is 69.8 Å². The van der Waals surface area contributed by atoms with E-state index >= 15 is 0 Å². The predicted octanol–water partition coefficient (Wildman–Crippen LogP) is 8.60. The molecule has 0 radical (unpaired) electrons. The molecule has 2 nitrogen and oxygen atoms in total. The Hall–Kier alpha value is -0.790. The first-order chi connectivity index (χ1) is 15.9. The summed E-state index contributed by atoms with van der Waals surface area (Å²) in [5.74, 6) is 4.43. The van der Waals surface area contributed by atoms with Gasteiger partial charge >= 0.3 is 5.97 Å². The maximum atomic E-state index is 11.7. The Balaban J connectivity index is 1.35. The molecule has 34 heavy (non-hydrogen) atoms. The summed E-state index contributed by atoms with van der Waals surface area (Å²) in [7, 11) is 0. The van der Waals surface area contributed by atoms with Crippen LogP contribution in [0.25, 0.3) is 0 Å². The van der Waals surface area contributed by atoms with E-state index in [-0.39, 0.29) is 12.1 Å². The molecule has 10 atom stereocenters. The topological polar surface area (TPSA) is 26.3 Å². The molecule has 5 rings (SSSR count). The fraction of sp³-hybridized carbons (Fsp3) is 0.906. The van der Waals surface area contributed by atoms with Crippen LogP contribution >= 0.6 is 0 Å². The molecule has 0 amide bonds. The minimum absolute atomic E-state index is 0.0870. The third kappa shape index (κ3) is 3.21. The minimum atomic E-state index is -0.0870. The number of carbonyl (C=O) groups is 1. The fourth-order valence-electron chi connectivity index (χ4n) is 11.2. The number of carbonyl (C=O) groups excluding carboxylic acids is 1. The van der Waals surface area contributed by atoms with Gasteiger partial charge in [-0.15, -0.1) is 0 Å². The average molecular weight is 469 g/mol. The Bertz CT molecular complexity index is 844. The summed E-state index contributed by atoms with van der Waals surface area (Å²) in [6.07, 6.45) is 15.1. The van der Waals surface area contributed by atoms with Crippen molar-refractivity contribution in [3.05, 3.63) is 12.2 Å². The van der Waals surface area contributed by atoms with Crippen LogP contribution in [-0.2, 0) is 9.53 Å². The Morgan fingerprint density at radius 1 is 0.971 bits per heavy atom. The zero-order chi connectivity index (χ0) is 24.7. The van der Waals surface area contributed by atoms with Crippen LogP contribution < -0.4 is 0 Å². The molecule has 5 aliphatic carbocycles. The van der Waals surface area contributed by atoms with E-state index in [0.29, 0.717) is 33.5 Å². The van der Waals surface area contributed by atoms with Crippen molar-refractivity contribution in [3.63, 3.8) is 0 Å². The van der Waals surface area contributed by atoms with Crippen LogP contribution in [0, 0.1) is 57.2 Å². The number of fused-ring (bicyclic) bond motifs is 2. The molecule has 0 aromatic carbocycles. The van der Waals surface area contributed by atoms with Crippen molar-refractivity contribution in [2.45, 2.75) is 125 Å². The van der Waals surface area contributed by atoms with Gasteiger partial charge in [-0.2, -0.15) is 0 Å². The van der Waals surface area contributed by atoms with Gasteiger partial charge in [0.25, 0.3) is 0 Å². The summed E-state index contributed by atoms with van der Waals surface area (Å²) < 4.78 is 5.80. The molecule has 0 heterocycles. The molecule has 0 unspecified atom stereocenters. The first kappa shape index (κ1) is 24.9. The van der Waals surface area contributed by atoms with Crippen LogP contribution in [0.2, 0.25) is 0 Å². The Morgan fingerprint density at radius 2 is 1.71 bits per heavy atom. The van der Waals surface area contributed by atoms with Crippen molar-refractivity contribution in [1.29, 1.82) is 0 Å². The zero-order valence-corrected chi connectivity index (χ0v) is 23.3. The summed E-state index contributed by atoms with van der Waals surface area (Å²) in [6.45, 7) is 21.0. The third-order valence-corrected chi connectivity index (χ3v) is 13.4. The summed E-state index contributed by atoms with van der Waals surface area (Å²) in [5, 5.41) is 0. The molecule has 0 aliphatic heterocycles. The highest BCUT2D eigenvalue weighted by molar-refractivity contribution is 5.66. The maximum absolute atomic E-state index is 11.7. The van der Waals surface area contributed by atoms with Gasteiger partial charge in [0, 0.05) is 6.92 Å². The molecule has 2 heteroatoms. The van der Waals surface area contributed by atoms with Crippen molar-refractivity contribution in [2.75, 3.05) is 0 Å². The van der Waals surface area contributed by atoms with E-state index in [2.05, 4.69) is 48.1 Å². The van der Waals surface area contributed by atoms with E-state index in [1.54, 1.807) is 6.92 Å². The van der Waals surface area contributed by atoms with Crippen molar-refractivity contribution < 1.29 is 9.53 Å². The summed E-state index contributed by atoms with van der Waals surface area (Å²) in [6, 6.07) is 0. The molecule has 5 aliphatic rings. The third-order valence-electron chi connectivity index (χ3n) is 13.4. The number of hydrogen-bond acceptors (Lipinski definition) is 2.